The van der Waals surface area contributed by atoms with E-state index in [9.17, 15) is 9.59 Å². The molecule has 8 heteroatoms. The summed E-state index contributed by atoms with van der Waals surface area (Å²) in [5.41, 5.74) is 0.0426. The van der Waals surface area contributed by atoms with Gasteiger partial charge < -0.3 is 14.2 Å². The van der Waals surface area contributed by atoms with Crippen LogP contribution in [0.2, 0.25) is 0 Å². The summed E-state index contributed by atoms with van der Waals surface area (Å²) in [6, 6.07) is 4.52. The van der Waals surface area contributed by atoms with Crippen LogP contribution in [0, 0.1) is 5.92 Å². The van der Waals surface area contributed by atoms with Gasteiger partial charge in [-0.1, -0.05) is 13.8 Å². The van der Waals surface area contributed by atoms with Crippen molar-refractivity contribution in [3.63, 3.8) is 0 Å². The van der Waals surface area contributed by atoms with E-state index in [0.717, 1.165) is 0 Å². The third-order valence-electron chi connectivity index (χ3n) is 2.37. The predicted octanol–water partition coefficient (Wildman–Crippen LogP) is 2.52. The lowest BCUT2D eigenvalue weighted by Crippen LogP contribution is -2.14. The molecular formula is C14H18O8. The maximum Gasteiger partial charge on any atom is 0.543 e. The molecule has 0 N–H and O–H groups in total. The number of ether oxygens (including phenoxy) is 3. The van der Waals surface area contributed by atoms with E-state index < -0.39 is 12.1 Å². The van der Waals surface area contributed by atoms with E-state index in [0.29, 0.717) is 5.75 Å². The maximum atomic E-state index is 11.8. The molecule has 0 saturated heterocycles. The van der Waals surface area contributed by atoms with Crippen LogP contribution >= 0.6 is 0 Å². The third-order valence-corrected chi connectivity index (χ3v) is 2.37. The molecule has 0 spiro atoms. The van der Waals surface area contributed by atoms with Crippen molar-refractivity contribution in [2.75, 3.05) is 20.8 Å². The summed E-state index contributed by atoms with van der Waals surface area (Å²) in [6.45, 7) is 3.85. The fourth-order valence-corrected chi connectivity index (χ4v) is 1.35. The summed E-state index contributed by atoms with van der Waals surface area (Å²) >= 11 is 0. The number of hydrogen-bond acceptors (Lipinski definition) is 8. The molecule has 0 aliphatic rings. The summed E-state index contributed by atoms with van der Waals surface area (Å²) in [7, 11) is 2.83. The van der Waals surface area contributed by atoms with E-state index in [2.05, 4.69) is 19.6 Å². The molecule has 0 aliphatic heterocycles. The van der Waals surface area contributed by atoms with Crippen LogP contribution < -0.4 is 9.47 Å². The number of methoxy groups -OCH3 is 2. The van der Waals surface area contributed by atoms with Crippen LogP contribution in [-0.4, -0.2) is 33.0 Å². The first-order valence-electron chi connectivity index (χ1n) is 6.42. The molecule has 8 nitrogen and oxygen atoms in total. The molecule has 1 aromatic rings. The normalized spacial score (nSPS) is 10.0. The summed E-state index contributed by atoms with van der Waals surface area (Å²) in [4.78, 5) is 31.4. The molecule has 22 heavy (non-hydrogen) atoms. The second-order valence-electron chi connectivity index (χ2n) is 4.54. The highest BCUT2D eigenvalue weighted by Crippen LogP contribution is 2.24. The van der Waals surface area contributed by atoms with Crippen LogP contribution in [0.15, 0.2) is 18.2 Å². The van der Waals surface area contributed by atoms with Gasteiger partial charge in [0, 0.05) is 0 Å². The van der Waals surface area contributed by atoms with Crippen molar-refractivity contribution in [3.8, 4) is 11.5 Å². The van der Waals surface area contributed by atoms with Crippen molar-refractivity contribution in [1.82, 2.24) is 0 Å². The first kappa shape index (κ1) is 17.6. The first-order valence-corrected chi connectivity index (χ1v) is 6.42. The number of rotatable bonds is 7. The van der Waals surface area contributed by atoms with Crippen LogP contribution in [0.25, 0.3) is 0 Å². The Morgan fingerprint density at radius 3 is 2.41 bits per heavy atom. The smallest absolute Gasteiger partial charge is 0.497 e. The molecule has 0 fully saturated rings. The lowest BCUT2D eigenvalue weighted by atomic mass is 10.2. The second kappa shape index (κ2) is 8.73. The van der Waals surface area contributed by atoms with Crippen LogP contribution in [-0.2, 0) is 19.6 Å². The lowest BCUT2D eigenvalue weighted by Gasteiger charge is -2.09. The quantitative estimate of drug-likeness (QED) is 0.431. The van der Waals surface area contributed by atoms with Gasteiger partial charge >= 0.3 is 12.1 Å². The average Bonchev–Trinajstić information content (AvgIpc) is 2.52. The molecule has 0 amide bonds. The number of carbonyl (C=O) groups is 2. The monoisotopic (exact) mass is 314 g/mol. The Morgan fingerprint density at radius 2 is 1.82 bits per heavy atom. The van der Waals surface area contributed by atoms with E-state index in [1.54, 1.807) is 6.07 Å². The molecule has 0 heterocycles. The van der Waals surface area contributed by atoms with Crippen molar-refractivity contribution in [2.24, 2.45) is 5.92 Å². The zero-order valence-corrected chi connectivity index (χ0v) is 12.8. The lowest BCUT2D eigenvalue weighted by molar-refractivity contribution is -0.452. The van der Waals surface area contributed by atoms with Crippen molar-refractivity contribution in [1.29, 1.82) is 0 Å². The molecule has 0 radical (unpaired) electrons. The first-order chi connectivity index (χ1) is 10.5. The fraction of sp³-hybridized carbons (Fsp3) is 0.429. The fourth-order valence-electron chi connectivity index (χ4n) is 1.35. The number of benzene rings is 1. The largest absolute Gasteiger partial charge is 0.543 e. The Kier molecular flexibility index (Phi) is 6.97. The average molecular weight is 314 g/mol. The molecule has 0 bridgehead atoms. The molecule has 0 aromatic heterocycles. The molecule has 122 valence electrons. The molecular weight excluding hydrogens is 296 g/mol. The van der Waals surface area contributed by atoms with Crippen LogP contribution in [0.1, 0.15) is 24.2 Å². The van der Waals surface area contributed by atoms with Crippen molar-refractivity contribution in [3.05, 3.63) is 23.8 Å². The van der Waals surface area contributed by atoms with E-state index in [-0.39, 0.29) is 23.8 Å². The predicted molar refractivity (Wildman–Crippen MR) is 73.3 cm³/mol. The van der Waals surface area contributed by atoms with Gasteiger partial charge in [-0.25, -0.2) is 14.5 Å². The number of hydrogen-bond donors (Lipinski definition) is 0. The van der Waals surface area contributed by atoms with Gasteiger partial charge in [-0.15, -0.1) is 0 Å². The van der Waals surface area contributed by atoms with Crippen molar-refractivity contribution < 1.29 is 38.6 Å². The van der Waals surface area contributed by atoms with Crippen molar-refractivity contribution in [2.45, 2.75) is 13.8 Å². The Hall–Kier alpha value is -2.48. The minimum atomic E-state index is -1.11. The number of carbonyl (C=O) groups excluding carboxylic acids is 2. The van der Waals surface area contributed by atoms with Crippen LogP contribution in [0.4, 0.5) is 4.79 Å². The zero-order chi connectivity index (χ0) is 16.5. The molecule has 0 aliphatic carbocycles. The topological polar surface area (TPSA) is 89.5 Å². The standard InChI is InChI=1S/C14H18O8/c1-9(2)8-19-14(16)21-22-20-13(15)11-7-10(17-3)5-6-12(11)18-4/h5-7,9H,8H2,1-4H3. The van der Waals surface area contributed by atoms with Gasteiger partial charge in [-0.05, 0) is 24.1 Å². The highest BCUT2D eigenvalue weighted by molar-refractivity contribution is 5.92. The second-order valence-corrected chi connectivity index (χ2v) is 4.54. The summed E-state index contributed by atoms with van der Waals surface area (Å²) < 4.78 is 14.7. The Balaban J connectivity index is 2.53. The Morgan fingerprint density at radius 1 is 1.09 bits per heavy atom. The minimum Gasteiger partial charge on any atom is -0.497 e. The van der Waals surface area contributed by atoms with Gasteiger partial charge in [0.05, 0.1) is 25.9 Å². The minimum absolute atomic E-state index is 0.0426. The van der Waals surface area contributed by atoms with Gasteiger partial charge in [-0.2, -0.15) is 0 Å². The summed E-state index contributed by atoms with van der Waals surface area (Å²) in [5.74, 6) is -0.120. The molecule has 1 aromatic carbocycles. The van der Waals surface area contributed by atoms with Gasteiger partial charge in [0.25, 0.3) is 0 Å². The molecule has 0 atom stereocenters. The summed E-state index contributed by atoms with van der Waals surface area (Å²) in [6.07, 6.45) is -1.11. The molecule has 1 rings (SSSR count). The van der Waals surface area contributed by atoms with E-state index in [1.165, 1.54) is 26.4 Å². The van der Waals surface area contributed by atoms with Gasteiger partial charge in [0.1, 0.15) is 17.1 Å². The Bertz CT molecular complexity index is 512. The van der Waals surface area contributed by atoms with Crippen LogP contribution in [0.5, 0.6) is 11.5 Å². The van der Waals surface area contributed by atoms with Crippen molar-refractivity contribution >= 4 is 12.1 Å². The van der Waals surface area contributed by atoms with Gasteiger partial charge in [-0.3, -0.25) is 4.89 Å². The highest BCUT2D eigenvalue weighted by atomic mass is 17.5. The maximum absolute atomic E-state index is 11.8. The SMILES string of the molecule is COc1ccc(OC)c(C(=O)OOOC(=O)OCC(C)C)c1. The summed E-state index contributed by atoms with van der Waals surface area (Å²) in [5, 5.41) is 4.10. The molecule has 0 saturated carbocycles. The highest BCUT2D eigenvalue weighted by Gasteiger charge is 2.18. The van der Waals surface area contributed by atoms with Gasteiger partial charge in [0.2, 0.25) is 0 Å². The zero-order valence-electron chi connectivity index (χ0n) is 12.8. The van der Waals surface area contributed by atoms with Gasteiger partial charge in [0.15, 0.2) is 0 Å². The van der Waals surface area contributed by atoms with Crippen LogP contribution in [0.3, 0.4) is 0 Å². The van der Waals surface area contributed by atoms with E-state index >= 15 is 0 Å². The van der Waals surface area contributed by atoms with E-state index in [1.807, 2.05) is 13.8 Å². The molecule has 0 unspecified atom stereocenters. The Labute approximate surface area is 127 Å². The third kappa shape index (κ3) is 5.49. The van der Waals surface area contributed by atoms with E-state index in [4.69, 9.17) is 9.47 Å².